The normalized spacial score (nSPS) is 12.1. The number of rotatable bonds is 4. The van der Waals surface area contributed by atoms with Crippen LogP contribution in [0, 0.1) is 17.0 Å². The van der Waals surface area contributed by atoms with Gasteiger partial charge in [0.15, 0.2) is 0 Å². The van der Waals surface area contributed by atoms with Gasteiger partial charge < -0.3 is 4.57 Å². The highest BCUT2D eigenvalue weighted by atomic mass is 35.5. The van der Waals surface area contributed by atoms with Crippen molar-refractivity contribution in [3.63, 3.8) is 0 Å². The molecular weight excluding hydrogens is 314 g/mol. The Bertz CT molecular complexity index is 846. The molecule has 1 heterocycles. The number of nitrogens with zero attached hydrogens (tertiary/aromatic N) is 3. The fourth-order valence-corrected chi connectivity index (χ4v) is 2.82. The molecule has 3 aromatic rings. The van der Waals surface area contributed by atoms with Gasteiger partial charge >= 0.3 is 0 Å². The van der Waals surface area contributed by atoms with Gasteiger partial charge in [0, 0.05) is 18.0 Å². The average molecular weight is 328 g/mol. The van der Waals surface area contributed by atoms with Gasteiger partial charge in [-0.25, -0.2) is 4.98 Å². The van der Waals surface area contributed by atoms with E-state index in [2.05, 4.69) is 4.98 Å². The van der Waals surface area contributed by atoms with E-state index in [1.54, 1.807) is 18.6 Å². The third-order valence-corrected chi connectivity index (χ3v) is 4.06. The first-order valence-electron chi connectivity index (χ1n) is 7.05. The maximum absolute atomic E-state index is 11.2. The minimum atomic E-state index is -0.464. The predicted octanol–water partition coefficient (Wildman–Crippen LogP) is 4.39. The topological polar surface area (TPSA) is 61.0 Å². The molecule has 5 nitrogen and oxygen atoms in total. The largest absolute Gasteiger partial charge is 0.323 e. The van der Waals surface area contributed by atoms with Gasteiger partial charge in [-0.1, -0.05) is 48.0 Å². The third-order valence-electron chi connectivity index (χ3n) is 3.74. The first-order chi connectivity index (χ1) is 11.1. The van der Waals surface area contributed by atoms with Gasteiger partial charge in [-0.15, -0.1) is 0 Å². The number of nitro groups is 1. The molecule has 0 aliphatic carbocycles. The number of hydrogen-bond donors (Lipinski definition) is 0. The first-order valence-corrected chi connectivity index (χ1v) is 7.43. The Morgan fingerprint density at radius 3 is 2.52 bits per heavy atom. The number of nitro benzene ring substituents is 1. The molecule has 1 atom stereocenters. The molecule has 116 valence electrons. The second kappa shape index (κ2) is 6.22. The molecule has 0 radical (unpaired) electrons. The Balaban J connectivity index is 2.19. The van der Waals surface area contributed by atoms with Crippen LogP contribution >= 0.6 is 11.6 Å². The molecule has 23 heavy (non-hydrogen) atoms. The Labute approximate surface area is 138 Å². The molecule has 1 unspecified atom stereocenters. The van der Waals surface area contributed by atoms with E-state index in [9.17, 15) is 10.1 Å². The molecular formula is C17H14ClN3O2. The maximum Gasteiger partial charge on any atom is 0.288 e. The van der Waals surface area contributed by atoms with Gasteiger partial charge in [0.25, 0.3) is 5.69 Å². The van der Waals surface area contributed by atoms with Gasteiger partial charge in [-0.2, -0.15) is 0 Å². The zero-order valence-electron chi connectivity index (χ0n) is 12.4. The van der Waals surface area contributed by atoms with E-state index < -0.39 is 4.92 Å². The van der Waals surface area contributed by atoms with Gasteiger partial charge in [0.2, 0.25) is 0 Å². The number of benzene rings is 2. The van der Waals surface area contributed by atoms with Crippen molar-refractivity contribution in [1.29, 1.82) is 0 Å². The second-order valence-corrected chi connectivity index (χ2v) is 5.63. The highest BCUT2D eigenvalue weighted by Crippen LogP contribution is 2.33. The van der Waals surface area contributed by atoms with Crippen LogP contribution in [-0.4, -0.2) is 14.5 Å². The summed E-state index contributed by atoms with van der Waals surface area (Å²) < 4.78 is 1.99. The Morgan fingerprint density at radius 1 is 1.17 bits per heavy atom. The summed E-state index contributed by atoms with van der Waals surface area (Å²) in [6.07, 6.45) is 3.49. The van der Waals surface area contributed by atoms with E-state index in [0.717, 1.165) is 16.8 Å². The van der Waals surface area contributed by atoms with Gasteiger partial charge in [0.05, 0.1) is 17.3 Å². The molecule has 0 aliphatic rings. The van der Waals surface area contributed by atoms with E-state index in [-0.39, 0.29) is 16.8 Å². The predicted molar refractivity (Wildman–Crippen MR) is 88.8 cm³/mol. The smallest absolute Gasteiger partial charge is 0.288 e. The lowest BCUT2D eigenvalue weighted by molar-refractivity contribution is -0.384. The van der Waals surface area contributed by atoms with Crippen LogP contribution in [0.2, 0.25) is 5.02 Å². The summed E-state index contributed by atoms with van der Waals surface area (Å²) in [4.78, 5) is 14.9. The number of halogens is 1. The van der Waals surface area contributed by atoms with E-state index >= 15 is 0 Å². The molecule has 1 aromatic heterocycles. The van der Waals surface area contributed by atoms with Crippen molar-refractivity contribution in [2.24, 2.45) is 0 Å². The van der Waals surface area contributed by atoms with Crippen LogP contribution in [0.25, 0.3) is 0 Å². The molecule has 0 amide bonds. The van der Waals surface area contributed by atoms with Crippen LogP contribution in [0.5, 0.6) is 0 Å². The standard InChI is InChI=1S/C17H14ClN3O2/c1-12-10-19-11-20(12)17(13-5-3-2-4-6-13)14-7-8-15(18)16(9-14)21(22)23/h2-11,17H,1H3. The first kappa shape index (κ1) is 15.2. The van der Waals surface area contributed by atoms with Crippen molar-refractivity contribution in [3.8, 4) is 0 Å². The van der Waals surface area contributed by atoms with E-state index in [0.29, 0.717) is 0 Å². The quantitative estimate of drug-likeness (QED) is 0.527. The summed E-state index contributed by atoms with van der Waals surface area (Å²) in [5.41, 5.74) is 2.68. The number of aromatic nitrogens is 2. The molecule has 0 fully saturated rings. The van der Waals surface area contributed by atoms with Crippen molar-refractivity contribution in [2.45, 2.75) is 13.0 Å². The Hall–Kier alpha value is -2.66. The second-order valence-electron chi connectivity index (χ2n) is 5.22. The van der Waals surface area contributed by atoms with Crippen molar-refractivity contribution >= 4 is 17.3 Å². The lowest BCUT2D eigenvalue weighted by Crippen LogP contribution is -2.13. The monoisotopic (exact) mass is 327 g/mol. The molecule has 2 aromatic carbocycles. The van der Waals surface area contributed by atoms with Crippen molar-refractivity contribution in [2.75, 3.05) is 0 Å². The summed E-state index contributed by atoms with van der Waals surface area (Å²) in [6.45, 7) is 1.95. The zero-order chi connectivity index (χ0) is 16.4. The Kier molecular flexibility index (Phi) is 4.12. The highest BCUT2D eigenvalue weighted by molar-refractivity contribution is 6.32. The number of aryl methyl sites for hydroxylation is 1. The SMILES string of the molecule is Cc1cncn1C(c1ccccc1)c1ccc(Cl)c([N+](=O)[O-])c1. The highest BCUT2D eigenvalue weighted by Gasteiger charge is 2.21. The van der Waals surface area contributed by atoms with Crippen molar-refractivity contribution < 1.29 is 4.92 Å². The lowest BCUT2D eigenvalue weighted by Gasteiger charge is -2.21. The summed E-state index contributed by atoms with van der Waals surface area (Å²) in [6, 6.07) is 14.5. The van der Waals surface area contributed by atoms with E-state index in [1.807, 2.05) is 47.9 Å². The molecule has 3 rings (SSSR count). The van der Waals surface area contributed by atoms with E-state index in [4.69, 9.17) is 11.6 Å². The minimum absolute atomic E-state index is 0.0946. The summed E-state index contributed by atoms with van der Waals surface area (Å²) in [7, 11) is 0. The number of imidazole rings is 1. The minimum Gasteiger partial charge on any atom is -0.323 e. The van der Waals surface area contributed by atoms with Crippen LogP contribution in [0.4, 0.5) is 5.69 Å². The molecule has 0 aliphatic heterocycles. The van der Waals surface area contributed by atoms with Gasteiger partial charge in [-0.3, -0.25) is 10.1 Å². The molecule has 0 spiro atoms. The molecule has 0 saturated carbocycles. The number of hydrogen-bond acceptors (Lipinski definition) is 3. The summed E-state index contributed by atoms with van der Waals surface area (Å²) in [5, 5.41) is 11.3. The average Bonchev–Trinajstić information content (AvgIpc) is 2.96. The van der Waals surface area contributed by atoms with Crippen LogP contribution in [0.3, 0.4) is 0 Å². The zero-order valence-corrected chi connectivity index (χ0v) is 13.1. The van der Waals surface area contributed by atoms with Crippen LogP contribution in [0.1, 0.15) is 22.9 Å². The third kappa shape index (κ3) is 2.96. The summed E-state index contributed by atoms with van der Waals surface area (Å²) >= 11 is 5.94. The molecule has 6 heteroatoms. The Morgan fingerprint density at radius 2 is 1.91 bits per heavy atom. The van der Waals surface area contributed by atoms with Crippen molar-refractivity contribution in [3.05, 3.63) is 93.0 Å². The van der Waals surface area contributed by atoms with Gasteiger partial charge in [0.1, 0.15) is 5.02 Å². The van der Waals surface area contributed by atoms with Crippen LogP contribution < -0.4 is 0 Å². The fourth-order valence-electron chi connectivity index (χ4n) is 2.63. The molecule has 0 N–H and O–H groups in total. The molecule has 0 saturated heterocycles. The lowest BCUT2D eigenvalue weighted by atomic mass is 9.97. The van der Waals surface area contributed by atoms with Crippen LogP contribution in [0.15, 0.2) is 61.1 Å². The van der Waals surface area contributed by atoms with Crippen LogP contribution in [-0.2, 0) is 0 Å². The van der Waals surface area contributed by atoms with E-state index in [1.165, 1.54) is 6.07 Å². The fraction of sp³-hybridized carbons (Fsp3) is 0.118. The maximum atomic E-state index is 11.2. The van der Waals surface area contributed by atoms with Gasteiger partial charge in [-0.05, 0) is 24.1 Å². The van der Waals surface area contributed by atoms with Crippen molar-refractivity contribution in [1.82, 2.24) is 9.55 Å². The molecule has 0 bridgehead atoms. The summed E-state index contributed by atoms with van der Waals surface area (Å²) in [5.74, 6) is 0.